The minimum atomic E-state index is -3.84. The van der Waals surface area contributed by atoms with Crippen LogP contribution in [-0.2, 0) is 14.8 Å². The lowest BCUT2D eigenvalue weighted by Gasteiger charge is -2.10. The third-order valence-corrected chi connectivity index (χ3v) is 5.07. The van der Waals surface area contributed by atoms with E-state index in [1.807, 2.05) is 0 Å². The molecule has 0 fully saturated rings. The highest BCUT2D eigenvalue weighted by Gasteiger charge is 2.12. The molecule has 10 heteroatoms. The van der Waals surface area contributed by atoms with Gasteiger partial charge in [0.05, 0.1) is 10.6 Å². The molecule has 3 N–H and O–H groups in total. The average Bonchev–Trinajstić information content (AvgIpc) is 2.60. The monoisotopic (exact) mass is 452 g/mol. The fourth-order valence-corrected chi connectivity index (χ4v) is 3.41. The molecule has 0 radical (unpaired) electrons. The predicted octanol–water partition coefficient (Wildman–Crippen LogP) is 2.22. The van der Waals surface area contributed by atoms with Crippen LogP contribution in [0.1, 0.15) is 0 Å². The van der Waals surface area contributed by atoms with Gasteiger partial charge >= 0.3 is 5.63 Å². The average molecular weight is 453 g/mol. The van der Waals surface area contributed by atoms with Crippen LogP contribution >= 0.6 is 15.9 Å². The number of ether oxygens (including phenoxy) is 1. The lowest BCUT2D eigenvalue weighted by atomic mass is 10.2. The molecule has 1 amide bonds. The number of anilines is 1. The zero-order valence-electron chi connectivity index (χ0n) is 13.6. The van der Waals surface area contributed by atoms with Crippen LogP contribution in [0.3, 0.4) is 0 Å². The van der Waals surface area contributed by atoms with Gasteiger partial charge < -0.3 is 14.5 Å². The van der Waals surface area contributed by atoms with E-state index >= 15 is 0 Å². The van der Waals surface area contributed by atoms with Crippen molar-refractivity contribution in [2.24, 2.45) is 5.14 Å². The van der Waals surface area contributed by atoms with Crippen molar-refractivity contribution in [2.45, 2.75) is 4.90 Å². The SMILES string of the molecule is NS(=O)(=O)c1ccc(NC(=O)COc2ccc3ccc(=O)oc3c2)c(Br)c1. The Morgan fingerprint density at radius 3 is 2.59 bits per heavy atom. The van der Waals surface area contributed by atoms with E-state index < -0.39 is 21.6 Å². The van der Waals surface area contributed by atoms with Gasteiger partial charge in [0.25, 0.3) is 5.91 Å². The first-order chi connectivity index (χ1) is 12.7. The molecule has 1 heterocycles. The van der Waals surface area contributed by atoms with Crippen molar-refractivity contribution in [3.8, 4) is 5.75 Å². The van der Waals surface area contributed by atoms with Crippen molar-refractivity contribution in [3.63, 3.8) is 0 Å². The number of amides is 1. The maximum absolute atomic E-state index is 12.1. The summed E-state index contributed by atoms with van der Waals surface area (Å²) in [5.41, 5.74) is 0.229. The molecule has 0 saturated carbocycles. The molecule has 140 valence electrons. The summed E-state index contributed by atoms with van der Waals surface area (Å²) in [5.74, 6) is -0.107. The Labute approximate surface area is 162 Å². The first-order valence-electron chi connectivity index (χ1n) is 7.51. The van der Waals surface area contributed by atoms with E-state index in [0.29, 0.717) is 21.5 Å². The zero-order valence-corrected chi connectivity index (χ0v) is 16.0. The molecule has 8 nitrogen and oxygen atoms in total. The molecule has 0 spiro atoms. The van der Waals surface area contributed by atoms with Crippen molar-refractivity contribution in [2.75, 3.05) is 11.9 Å². The molecular weight excluding hydrogens is 440 g/mol. The predicted molar refractivity (Wildman–Crippen MR) is 102 cm³/mol. The molecule has 3 aromatic rings. The molecule has 0 saturated heterocycles. The molecule has 1 aromatic heterocycles. The lowest BCUT2D eigenvalue weighted by molar-refractivity contribution is -0.118. The van der Waals surface area contributed by atoms with Crippen molar-refractivity contribution in [1.82, 2.24) is 0 Å². The largest absolute Gasteiger partial charge is 0.484 e. The first kappa shape index (κ1) is 19.1. The summed E-state index contributed by atoms with van der Waals surface area (Å²) in [7, 11) is -3.84. The molecule has 0 unspecified atom stereocenters. The minimum absolute atomic E-state index is 0.0821. The third-order valence-electron chi connectivity index (χ3n) is 3.51. The molecule has 0 aliphatic carbocycles. The molecule has 0 aliphatic heterocycles. The highest BCUT2D eigenvalue weighted by Crippen LogP contribution is 2.25. The third kappa shape index (κ3) is 4.73. The van der Waals surface area contributed by atoms with Crippen LogP contribution in [0.5, 0.6) is 5.75 Å². The summed E-state index contributed by atoms with van der Waals surface area (Å²) in [6.07, 6.45) is 0. The standard InChI is InChI=1S/C17H13BrN2O6S/c18-13-8-12(27(19,23)24)4-5-14(13)20-16(21)9-25-11-3-1-10-2-6-17(22)26-15(10)7-11/h1-8H,9H2,(H,20,21)(H2,19,23,24). The summed E-state index contributed by atoms with van der Waals surface area (Å²) < 4.78 is 33.4. The number of rotatable bonds is 5. The molecule has 3 rings (SSSR count). The molecule has 27 heavy (non-hydrogen) atoms. The highest BCUT2D eigenvalue weighted by molar-refractivity contribution is 9.10. The van der Waals surface area contributed by atoms with Crippen LogP contribution in [-0.4, -0.2) is 20.9 Å². The van der Waals surface area contributed by atoms with Crippen LogP contribution in [0.2, 0.25) is 0 Å². The maximum atomic E-state index is 12.1. The van der Waals surface area contributed by atoms with E-state index in [1.165, 1.54) is 30.3 Å². The second-order valence-corrected chi connectivity index (χ2v) is 7.89. The number of primary sulfonamides is 1. The minimum Gasteiger partial charge on any atom is -0.484 e. The second kappa shape index (κ2) is 7.51. The number of halogens is 1. The number of nitrogens with two attached hydrogens (primary N) is 1. The van der Waals surface area contributed by atoms with Crippen LogP contribution in [0.15, 0.2) is 67.1 Å². The Kier molecular flexibility index (Phi) is 5.31. The fourth-order valence-electron chi connectivity index (χ4n) is 2.24. The van der Waals surface area contributed by atoms with Gasteiger partial charge in [0, 0.05) is 22.0 Å². The lowest BCUT2D eigenvalue weighted by Crippen LogP contribution is -2.20. The Bertz CT molecular complexity index is 1190. The normalized spacial score (nSPS) is 11.3. The molecule has 0 atom stereocenters. The number of hydrogen-bond acceptors (Lipinski definition) is 6. The maximum Gasteiger partial charge on any atom is 0.336 e. The van der Waals surface area contributed by atoms with Gasteiger partial charge in [-0.05, 0) is 52.3 Å². The number of carbonyl (C=O) groups is 1. The van der Waals surface area contributed by atoms with Gasteiger partial charge in [0.2, 0.25) is 10.0 Å². The first-order valence-corrected chi connectivity index (χ1v) is 9.85. The van der Waals surface area contributed by atoms with E-state index in [9.17, 15) is 18.0 Å². The Morgan fingerprint density at radius 2 is 1.89 bits per heavy atom. The number of fused-ring (bicyclic) bond motifs is 1. The summed E-state index contributed by atoms with van der Waals surface area (Å²) >= 11 is 3.18. The van der Waals surface area contributed by atoms with Gasteiger partial charge in [-0.2, -0.15) is 0 Å². The molecule has 2 aromatic carbocycles. The van der Waals surface area contributed by atoms with Gasteiger partial charge in [-0.15, -0.1) is 0 Å². The van der Waals surface area contributed by atoms with Crippen molar-refractivity contribution in [1.29, 1.82) is 0 Å². The Balaban J connectivity index is 1.67. The zero-order chi connectivity index (χ0) is 19.6. The van der Waals surface area contributed by atoms with Gasteiger partial charge in [-0.25, -0.2) is 18.4 Å². The fraction of sp³-hybridized carbons (Fsp3) is 0.0588. The number of hydrogen-bond donors (Lipinski definition) is 2. The Morgan fingerprint density at radius 1 is 1.15 bits per heavy atom. The summed E-state index contributed by atoms with van der Waals surface area (Å²) in [5, 5.41) is 8.37. The Hall–Kier alpha value is -2.69. The van der Waals surface area contributed by atoms with Crippen LogP contribution in [0, 0.1) is 0 Å². The number of sulfonamides is 1. The summed E-state index contributed by atoms with van der Waals surface area (Å²) in [4.78, 5) is 23.2. The number of benzene rings is 2. The van der Waals surface area contributed by atoms with Gasteiger partial charge in [0.1, 0.15) is 11.3 Å². The topological polar surface area (TPSA) is 129 Å². The summed E-state index contributed by atoms with van der Waals surface area (Å²) in [6.45, 7) is -0.300. The van der Waals surface area contributed by atoms with Crippen molar-refractivity contribution < 1.29 is 22.4 Å². The molecular formula is C17H13BrN2O6S. The van der Waals surface area contributed by atoms with Gasteiger partial charge in [-0.1, -0.05) is 0 Å². The van der Waals surface area contributed by atoms with E-state index in [2.05, 4.69) is 21.2 Å². The van der Waals surface area contributed by atoms with Crippen LogP contribution in [0.25, 0.3) is 11.0 Å². The van der Waals surface area contributed by atoms with E-state index in [0.717, 1.165) is 5.39 Å². The van der Waals surface area contributed by atoms with E-state index in [4.69, 9.17) is 14.3 Å². The highest BCUT2D eigenvalue weighted by atomic mass is 79.9. The number of carbonyl (C=O) groups excluding carboxylic acids is 1. The van der Waals surface area contributed by atoms with Crippen molar-refractivity contribution >= 4 is 48.5 Å². The van der Waals surface area contributed by atoms with Crippen LogP contribution < -0.4 is 20.8 Å². The molecule has 0 aliphatic rings. The van der Waals surface area contributed by atoms with Crippen molar-refractivity contribution in [3.05, 3.63) is 63.4 Å². The van der Waals surface area contributed by atoms with Gasteiger partial charge in [-0.3, -0.25) is 4.79 Å². The van der Waals surface area contributed by atoms with E-state index in [1.54, 1.807) is 18.2 Å². The smallest absolute Gasteiger partial charge is 0.336 e. The summed E-state index contributed by atoms with van der Waals surface area (Å²) in [6, 6.07) is 11.8. The quantitative estimate of drug-likeness (QED) is 0.570. The van der Waals surface area contributed by atoms with Gasteiger partial charge in [0.15, 0.2) is 6.61 Å². The molecule has 0 bridgehead atoms. The van der Waals surface area contributed by atoms with E-state index in [-0.39, 0.29) is 11.5 Å². The second-order valence-electron chi connectivity index (χ2n) is 5.48. The number of nitrogens with one attached hydrogen (secondary N) is 1. The van der Waals surface area contributed by atoms with Crippen LogP contribution in [0.4, 0.5) is 5.69 Å².